The molecule has 0 aromatic carbocycles. The van der Waals surface area contributed by atoms with Gasteiger partial charge in [-0.2, -0.15) is 0 Å². The van der Waals surface area contributed by atoms with Crippen LogP contribution in [0, 0.1) is 0 Å². The Labute approximate surface area is 75.5 Å². The molecule has 0 unspecified atom stereocenters. The summed E-state index contributed by atoms with van der Waals surface area (Å²) in [7, 11) is 0. The number of rotatable bonds is 3. The van der Waals surface area contributed by atoms with Crippen molar-refractivity contribution in [1.29, 1.82) is 0 Å². The predicted molar refractivity (Wildman–Crippen MR) is 33.3 cm³/mol. The number of carboxylic acid groups (broad SMARTS) is 1. The first-order valence-corrected chi connectivity index (χ1v) is 2.10. The summed E-state index contributed by atoms with van der Waals surface area (Å²) < 4.78 is 0. The van der Waals surface area contributed by atoms with Crippen LogP contribution < -0.4 is 0 Å². The molecule has 0 spiro atoms. The summed E-state index contributed by atoms with van der Waals surface area (Å²) in [5.74, 6) is -0.853. The van der Waals surface area contributed by atoms with E-state index in [2.05, 4.69) is 0 Å². The van der Waals surface area contributed by atoms with E-state index in [-0.39, 0.29) is 48.1 Å². The monoisotopic (exact) mass is 145 g/mol. The molecule has 0 amide bonds. The van der Waals surface area contributed by atoms with Crippen LogP contribution in [0.1, 0.15) is 12.8 Å². The Kier molecular flexibility index (Phi) is 20.2. The van der Waals surface area contributed by atoms with Gasteiger partial charge in [-0.25, -0.2) is 0 Å². The Morgan fingerprint density at radius 3 is 2.00 bits per heavy atom. The maximum atomic E-state index is 9.65. The maximum Gasteiger partial charge on any atom is 0.303 e. The van der Waals surface area contributed by atoms with E-state index in [9.17, 15) is 4.79 Å². The zero-order valence-electron chi connectivity index (χ0n) is 5.42. The average Bonchev–Trinajstić information content (AvgIpc) is 1.61. The molecule has 0 saturated carbocycles. The molecule has 5 heteroatoms. The van der Waals surface area contributed by atoms with Gasteiger partial charge in [0.2, 0.25) is 0 Å². The van der Waals surface area contributed by atoms with Crippen LogP contribution >= 0.6 is 0 Å². The van der Waals surface area contributed by atoms with E-state index < -0.39 is 5.97 Å². The summed E-state index contributed by atoms with van der Waals surface area (Å²) in [6.07, 6.45) is 0.422. The minimum atomic E-state index is -0.853. The molecule has 0 aromatic rings. The topological polar surface area (TPSA) is 89.0 Å². The molecule has 0 heterocycles. The standard InChI is InChI=1S/C4H8O3.Na.H2O/c5-3-1-2-4(6)7;;/h5H,1-3H2,(H,6,7);;1H2. The van der Waals surface area contributed by atoms with Crippen molar-refractivity contribution in [2.24, 2.45) is 0 Å². The third-order valence-corrected chi connectivity index (χ3v) is 0.549. The number of carbonyl (C=O) groups is 1. The Morgan fingerprint density at radius 1 is 1.44 bits per heavy atom. The Balaban J connectivity index is -0.000000180. The molecule has 1 radical (unpaired) electrons. The fourth-order valence-corrected chi connectivity index (χ4v) is 0.230. The fourth-order valence-electron chi connectivity index (χ4n) is 0.230. The van der Waals surface area contributed by atoms with Gasteiger partial charge in [-0.3, -0.25) is 4.79 Å². The van der Waals surface area contributed by atoms with Crippen LogP contribution in [0.3, 0.4) is 0 Å². The van der Waals surface area contributed by atoms with Crippen molar-refractivity contribution in [2.75, 3.05) is 6.61 Å². The molecule has 4 nitrogen and oxygen atoms in total. The number of aliphatic hydroxyl groups excluding tert-OH is 1. The van der Waals surface area contributed by atoms with Crippen molar-refractivity contribution < 1.29 is 20.5 Å². The van der Waals surface area contributed by atoms with Gasteiger partial charge in [-0.1, -0.05) is 0 Å². The molecule has 0 bridgehead atoms. The van der Waals surface area contributed by atoms with E-state index in [1.54, 1.807) is 0 Å². The van der Waals surface area contributed by atoms with Crippen LogP contribution in [0.25, 0.3) is 0 Å². The van der Waals surface area contributed by atoms with Gasteiger partial charge in [0.25, 0.3) is 0 Å². The first-order chi connectivity index (χ1) is 3.27. The fraction of sp³-hybridized carbons (Fsp3) is 0.750. The van der Waals surface area contributed by atoms with Crippen molar-refractivity contribution in [1.82, 2.24) is 0 Å². The van der Waals surface area contributed by atoms with Crippen molar-refractivity contribution in [3.05, 3.63) is 0 Å². The van der Waals surface area contributed by atoms with Gasteiger partial charge in [0.05, 0.1) is 0 Å². The Morgan fingerprint density at radius 2 is 1.89 bits per heavy atom. The van der Waals surface area contributed by atoms with Crippen LogP contribution in [0.4, 0.5) is 0 Å². The number of aliphatic hydroxyl groups is 1. The number of carboxylic acids is 1. The van der Waals surface area contributed by atoms with E-state index in [1.165, 1.54) is 0 Å². The van der Waals surface area contributed by atoms with Crippen molar-refractivity contribution in [3.63, 3.8) is 0 Å². The molecule has 0 aliphatic carbocycles. The summed E-state index contributed by atoms with van der Waals surface area (Å²) in [6, 6.07) is 0. The molecule has 51 valence electrons. The smallest absolute Gasteiger partial charge is 0.303 e. The molecular weight excluding hydrogens is 135 g/mol. The summed E-state index contributed by atoms with van der Waals surface area (Å²) in [5.41, 5.74) is 0. The van der Waals surface area contributed by atoms with E-state index in [4.69, 9.17) is 10.2 Å². The largest absolute Gasteiger partial charge is 0.481 e. The molecule has 0 rings (SSSR count). The van der Waals surface area contributed by atoms with Crippen molar-refractivity contribution in [2.45, 2.75) is 12.8 Å². The van der Waals surface area contributed by atoms with E-state index in [0.29, 0.717) is 6.42 Å². The summed E-state index contributed by atoms with van der Waals surface area (Å²) >= 11 is 0. The normalized spacial score (nSPS) is 6.78. The Bertz CT molecular complexity index is 65.6. The second-order valence-electron chi connectivity index (χ2n) is 1.22. The van der Waals surface area contributed by atoms with Crippen molar-refractivity contribution in [3.8, 4) is 0 Å². The summed E-state index contributed by atoms with van der Waals surface area (Å²) in [5, 5.41) is 16.0. The Hall–Kier alpha value is 0.390. The minimum absolute atomic E-state index is 0. The minimum Gasteiger partial charge on any atom is -0.481 e. The average molecular weight is 145 g/mol. The van der Waals surface area contributed by atoms with Gasteiger partial charge in [0.1, 0.15) is 0 Å². The quantitative estimate of drug-likeness (QED) is 0.480. The molecule has 9 heavy (non-hydrogen) atoms. The molecule has 0 atom stereocenters. The van der Waals surface area contributed by atoms with Crippen molar-refractivity contribution >= 4 is 35.5 Å². The van der Waals surface area contributed by atoms with Gasteiger partial charge in [-0.15, -0.1) is 0 Å². The first kappa shape index (κ1) is 16.2. The predicted octanol–water partition coefficient (Wildman–Crippen LogP) is -1.36. The van der Waals surface area contributed by atoms with E-state index in [0.717, 1.165) is 0 Å². The molecule has 0 aliphatic heterocycles. The molecular formula is C4H10NaO4. The summed E-state index contributed by atoms with van der Waals surface area (Å²) in [4.78, 5) is 9.65. The molecule has 0 fully saturated rings. The second-order valence-corrected chi connectivity index (χ2v) is 1.22. The summed E-state index contributed by atoms with van der Waals surface area (Å²) in [6.45, 7) is -0.0354. The van der Waals surface area contributed by atoms with Crippen LogP contribution in [-0.2, 0) is 4.79 Å². The zero-order chi connectivity index (χ0) is 5.70. The van der Waals surface area contributed by atoms with E-state index in [1.807, 2.05) is 0 Å². The van der Waals surface area contributed by atoms with Crippen LogP contribution in [0.15, 0.2) is 0 Å². The van der Waals surface area contributed by atoms with Crippen LogP contribution in [-0.4, -0.2) is 57.8 Å². The maximum absolute atomic E-state index is 9.65. The van der Waals surface area contributed by atoms with Gasteiger partial charge >= 0.3 is 5.97 Å². The van der Waals surface area contributed by atoms with E-state index >= 15 is 0 Å². The van der Waals surface area contributed by atoms with Gasteiger partial charge < -0.3 is 15.7 Å². The number of aliphatic carboxylic acids is 1. The zero-order valence-corrected chi connectivity index (χ0v) is 7.42. The second kappa shape index (κ2) is 11.2. The third-order valence-electron chi connectivity index (χ3n) is 0.549. The number of hydrogen-bond donors (Lipinski definition) is 2. The third kappa shape index (κ3) is 17.8. The molecule has 0 aliphatic rings. The van der Waals surface area contributed by atoms with Crippen LogP contribution in [0.2, 0.25) is 0 Å². The molecule has 0 aromatic heterocycles. The molecule has 4 N–H and O–H groups in total. The first-order valence-electron chi connectivity index (χ1n) is 2.10. The van der Waals surface area contributed by atoms with Gasteiger partial charge in [0, 0.05) is 42.6 Å². The SMILES string of the molecule is O.O=C(O)CCCO.[Na]. The van der Waals surface area contributed by atoms with Crippen LogP contribution in [0.5, 0.6) is 0 Å². The van der Waals surface area contributed by atoms with Gasteiger partial charge in [-0.05, 0) is 6.42 Å². The number of hydrogen-bond acceptors (Lipinski definition) is 2. The molecule has 0 saturated heterocycles. The van der Waals surface area contributed by atoms with Gasteiger partial charge in [0.15, 0.2) is 0 Å².